The van der Waals surface area contributed by atoms with E-state index in [4.69, 9.17) is 10.2 Å². The number of hydrogen-bond acceptors (Lipinski definition) is 4. The van der Waals surface area contributed by atoms with Crippen molar-refractivity contribution < 1.29 is 46.8 Å². The number of phenols is 4. The second kappa shape index (κ2) is 4.90. The Bertz CT molecular complexity index is 680. The van der Waals surface area contributed by atoms with Gasteiger partial charge in [-0.2, -0.15) is 17.6 Å². The molecule has 2 rings (SSSR count). The zero-order chi connectivity index (χ0) is 16.9. The minimum absolute atomic E-state index is 1.64. The summed E-state index contributed by atoms with van der Waals surface area (Å²) in [5.74, 6) is -21.2. The molecule has 2 aromatic rings. The van der Waals surface area contributed by atoms with E-state index in [-0.39, 0.29) is 0 Å². The number of aromatic hydroxyl groups is 4. The lowest BCUT2D eigenvalue weighted by atomic mass is 10.00. The molecule has 0 saturated heterocycles. The Balaban J connectivity index is 3.03. The van der Waals surface area contributed by atoms with E-state index < -0.39 is 69.0 Å². The molecular weight excluding hydrogens is 322 g/mol. The molecule has 0 saturated carbocycles. The fraction of sp³-hybridized carbons (Fsp3) is 0. The second-order valence-electron chi connectivity index (χ2n) is 4.03. The maximum atomic E-state index is 13.7. The Kier molecular flexibility index (Phi) is 3.47. The van der Waals surface area contributed by atoms with Crippen LogP contribution in [0.3, 0.4) is 0 Å². The Hall–Kier alpha value is -2.78. The van der Waals surface area contributed by atoms with Crippen molar-refractivity contribution in [1.82, 2.24) is 0 Å². The molecule has 4 nitrogen and oxygen atoms in total. The van der Waals surface area contributed by atoms with Crippen molar-refractivity contribution in [3.05, 3.63) is 34.9 Å². The van der Waals surface area contributed by atoms with E-state index in [1.165, 1.54) is 0 Å². The summed E-state index contributed by atoms with van der Waals surface area (Å²) in [5.41, 5.74) is -3.49. The third kappa shape index (κ3) is 1.87. The molecule has 2 aromatic carbocycles. The van der Waals surface area contributed by atoms with Crippen molar-refractivity contribution in [1.29, 1.82) is 0 Å². The Morgan fingerprint density at radius 2 is 0.727 bits per heavy atom. The first-order chi connectivity index (χ1) is 10.1. The first-order valence-corrected chi connectivity index (χ1v) is 5.28. The van der Waals surface area contributed by atoms with Gasteiger partial charge >= 0.3 is 0 Å². The molecule has 0 aliphatic rings. The minimum Gasteiger partial charge on any atom is -0.504 e. The summed E-state index contributed by atoms with van der Waals surface area (Å²) in [4.78, 5) is 0. The summed E-state index contributed by atoms with van der Waals surface area (Å²) in [6.07, 6.45) is 0. The molecule has 0 atom stereocenters. The zero-order valence-corrected chi connectivity index (χ0v) is 10.1. The molecule has 0 bridgehead atoms. The number of halogens is 6. The van der Waals surface area contributed by atoms with Gasteiger partial charge in [-0.1, -0.05) is 0 Å². The standard InChI is InChI=1S/C12H4F6O4/c13-3-1(4(14)6(16)11(21)5(3)15)2-9(19)7(17)8(18)12(22)10(2)20/h19-22H. The molecule has 118 valence electrons. The van der Waals surface area contributed by atoms with Crippen molar-refractivity contribution in [3.8, 4) is 34.1 Å². The monoisotopic (exact) mass is 326 g/mol. The molecule has 4 N–H and O–H groups in total. The van der Waals surface area contributed by atoms with Crippen molar-refractivity contribution in [3.63, 3.8) is 0 Å². The van der Waals surface area contributed by atoms with E-state index in [0.717, 1.165) is 0 Å². The highest BCUT2D eigenvalue weighted by Crippen LogP contribution is 2.49. The van der Waals surface area contributed by atoms with E-state index in [1.807, 2.05) is 0 Å². The highest BCUT2D eigenvalue weighted by Gasteiger charge is 2.33. The molecule has 0 unspecified atom stereocenters. The number of phenolic OH excluding ortho intramolecular Hbond substituents is 4. The quantitative estimate of drug-likeness (QED) is 0.281. The Labute approximate surface area is 117 Å². The molecule has 10 heteroatoms. The fourth-order valence-corrected chi connectivity index (χ4v) is 1.73. The van der Waals surface area contributed by atoms with Crippen molar-refractivity contribution in [2.24, 2.45) is 0 Å². The van der Waals surface area contributed by atoms with Crippen LogP contribution in [-0.2, 0) is 0 Å². The first-order valence-electron chi connectivity index (χ1n) is 5.28. The van der Waals surface area contributed by atoms with Gasteiger partial charge in [0, 0.05) is 0 Å². The predicted molar refractivity (Wildman–Crippen MR) is 58.3 cm³/mol. The van der Waals surface area contributed by atoms with Gasteiger partial charge in [0.25, 0.3) is 0 Å². The lowest BCUT2D eigenvalue weighted by Crippen LogP contribution is -2.02. The van der Waals surface area contributed by atoms with Gasteiger partial charge in [0.1, 0.15) is 0 Å². The van der Waals surface area contributed by atoms with Crippen LogP contribution >= 0.6 is 0 Å². The third-order valence-electron chi connectivity index (χ3n) is 2.80. The molecule has 22 heavy (non-hydrogen) atoms. The minimum atomic E-state index is -2.31. The van der Waals surface area contributed by atoms with Crippen molar-refractivity contribution >= 4 is 0 Å². The van der Waals surface area contributed by atoms with E-state index in [9.17, 15) is 36.6 Å². The summed E-state index contributed by atoms with van der Waals surface area (Å²) >= 11 is 0. The van der Waals surface area contributed by atoms with Gasteiger partial charge in [-0.05, 0) is 0 Å². The van der Waals surface area contributed by atoms with Crippen molar-refractivity contribution in [2.45, 2.75) is 0 Å². The van der Waals surface area contributed by atoms with Gasteiger partial charge in [0.2, 0.25) is 23.3 Å². The van der Waals surface area contributed by atoms with Gasteiger partial charge in [0.15, 0.2) is 34.6 Å². The maximum absolute atomic E-state index is 13.7. The lowest BCUT2D eigenvalue weighted by Gasteiger charge is -2.14. The van der Waals surface area contributed by atoms with E-state index in [0.29, 0.717) is 0 Å². The van der Waals surface area contributed by atoms with Crippen LogP contribution in [0.5, 0.6) is 23.0 Å². The lowest BCUT2D eigenvalue weighted by molar-refractivity contribution is 0.342. The van der Waals surface area contributed by atoms with Gasteiger partial charge in [-0.3, -0.25) is 0 Å². The molecule has 0 fully saturated rings. The smallest absolute Gasteiger partial charge is 0.208 e. The summed E-state index contributed by atoms with van der Waals surface area (Å²) in [6.45, 7) is 0. The molecular formula is C12H4F6O4. The third-order valence-corrected chi connectivity index (χ3v) is 2.80. The number of hydrogen-bond donors (Lipinski definition) is 4. The van der Waals surface area contributed by atoms with Gasteiger partial charge < -0.3 is 20.4 Å². The van der Waals surface area contributed by atoms with E-state index >= 15 is 0 Å². The molecule has 0 spiro atoms. The van der Waals surface area contributed by atoms with E-state index in [2.05, 4.69) is 0 Å². The summed E-state index contributed by atoms with van der Waals surface area (Å²) in [7, 11) is 0. The fourth-order valence-electron chi connectivity index (χ4n) is 1.73. The summed E-state index contributed by atoms with van der Waals surface area (Å²) < 4.78 is 80.1. The van der Waals surface area contributed by atoms with Gasteiger partial charge in [0.05, 0.1) is 11.1 Å². The highest BCUT2D eigenvalue weighted by atomic mass is 19.2. The van der Waals surface area contributed by atoms with Gasteiger partial charge in [-0.15, -0.1) is 0 Å². The molecule has 0 heterocycles. The Morgan fingerprint density at radius 1 is 0.364 bits per heavy atom. The average Bonchev–Trinajstić information content (AvgIpc) is 2.50. The maximum Gasteiger partial charge on any atom is 0.208 e. The molecule has 0 aliphatic heterocycles. The number of rotatable bonds is 1. The topological polar surface area (TPSA) is 80.9 Å². The molecule has 0 aliphatic carbocycles. The van der Waals surface area contributed by atoms with Crippen LogP contribution < -0.4 is 0 Å². The molecule has 0 aromatic heterocycles. The van der Waals surface area contributed by atoms with Crippen LogP contribution in [0.15, 0.2) is 0 Å². The Morgan fingerprint density at radius 3 is 1.18 bits per heavy atom. The predicted octanol–water partition coefficient (Wildman–Crippen LogP) is 3.01. The van der Waals surface area contributed by atoms with E-state index in [1.54, 1.807) is 0 Å². The molecule has 0 radical (unpaired) electrons. The largest absolute Gasteiger partial charge is 0.504 e. The average molecular weight is 326 g/mol. The second-order valence-corrected chi connectivity index (χ2v) is 4.03. The summed E-state index contributed by atoms with van der Waals surface area (Å²) in [5, 5.41) is 36.6. The molecule has 0 amide bonds. The van der Waals surface area contributed by atoms with Crippen LogP contribution in [0.25, 0.3) is 11.1 Å². The number of benzene rings is 2. The van der Waals surface area contributed by atoms with Gasteiger partial charge in [-0.25, -0.2) is 8.78 Å². The first kappa shape index (κ1) is 15.6. The SMILES string of the molecule is Oc1c(O)c(-c2c(F)c(F)c(O)c(F)c2F)c(O)c(F)c1F. The van der Waals surface area contributed by atoms with Crippen molar-refractivity contribution in [2.75, 3.05) is 0 Å². The zero-order valence-electron chi connectivity index (χ0n) is 10.1. The van der Waals surface area contributed by atoms with Crippen LogP contribution in [0, 0.1) is 34.9 Å². The summed E-state index contributed by atoms with van der Waals surface area (Å²) in [6, 6.07) is 0. The van der Waals surface area contributed by atoms with Crippen LogP contribution in [0.4, 0.5) is 26.3 Å². The van der Waals surface area contributed by atoms with Crippen LogP contribution in [-0.4, -0.2) is 20.4 Å². The normalized spacial score (nSPS) is 11.0. The van der Waals surface area contributed by atoms with Crippen LogP contribution in [0.2, 0.25) is 0 Å². The highest BCUT2D eigenvalue weighted by molar-refractivity contribution is 5.80. The van der Waals surface area contributed by atoms with Crippen LogP contribution in [0.1, 0.15) is 0 Å².